The van der Waals surface area contributed by atoms with E-state index in [4.69, 9.17) is 0 Å². The number of aliphatic imine (C=N–C) groups is 1. The van der Waals surface area contributed by atoms with Crippen LogP contribution in [0.1, 0.15) is 24.5 Å². The third kappa shape index (κ3) is 1.92. The van der Waals surface area contributed by atoms with Crippen molar-refractivity contribution in [1.82, 2.24) is 0 Å². The van der Waals surface area contributed by atoms with Crippen LogP contribution >= 0.6 is 0 Å². The fourth-order valence-electron chi connectivity index (χ4n) is 1.67. The van der Waals surface area contributed by atoms with Gasteiger partial charge in [0.2, 0.25) is 0 Å². The average Bonchev–Trinajstić information content (AvgIpc) is 2.56. The van der Waals surface area contributed by atoms with Gasteiger partial charge in [-0.15, -0.1) is 0 Å². The Morgan fingerprint density at radius 3 is 2.43 bits per heavy atom. The summed E-state index contributed by atoms with van der Waals surface area (Å²) >= 11 is 0. The maximum absolute atomic E-state index is 4.38. The minimum absolute atomic E-state index is 0.962. The number of benzene rings is 1. The molecule has 0 atom stereocenters. The number of nitrogens with zero attached hydrogens (tertiary/aromatic N) is 1. The summed E-state index contributed by atoms with van der Waals surface area (Å²) in [6, 6.07) is 8.61. The van der Waals surface area contributed by atoms with Crippen LogP contribution in [0.15, 0.2) is 34.8 Å². The number of aryl methyl sites for hydroxylation is 1. The zero-order valence-corrected chi connectivity index (χ0v) is 8.75. The molecule has 0 saturated heterocycles. The van der Waals surface area contributed by atoms with Crippen molar-refractivity contribution in [2.75, 3.05) is 6.54 Å². The Bertz CT molecular complexity index is 382. The van der Waals surface area contributed by atoms with Crippen molar-refractivity contribution < 1.29 is 0 Å². The lowest BCUT2D eigenvalue weighted by atomic mass is 10.1. The van der Waals surface area contributed by atoms with E-state index in [0.717, 1.165) is 13.0 Å². The second-order valence-corrected chi connectivity index (χ2v) is 3.80. The van der Waals surface area contributed by atoms with Crippen molar-refractivity contribution in [3.63, 3.8) is 0 Å². The molecule has 72 valence electrons. The predicted molar refractivity (Wildman–Crippen MR) is 61.7 cm³/mol. The van der Waals surface area contributed by atoms with Gasteiger partial charge in [-0.05, 0) is 37.5 Å². The Balaban J connectivity index is 2.25. The number of hydrogen-bond donors (Lipinski definition) is 0. The van der Waals surface area contributed by atoms with Gasteiger partial charge in [0, 0.05) is 12.3 Å². The first-order chi connectivity index (χ1) is 6.75. The van der Waals surface area contributed by atoms with Crippen molar-refractivity contribution in [2.45, 2.75) is 20.3 Å². The number of hydrogen-bond acceptors (Lipinski definition) is 1. The van der Waals surface area contributed by atoms with Crippen LogP contribution < -0.4 is 0 Å². The van der Waals surface area contributed by atoms with E-state index in [0.29, 0.717) is 0 Å². The van der Waals surface area contributed by atoms with E-state index >= 15 is 0 Å². The molecule has 0 unspecified atom stereocenters. The van der Waals surface area contributed by atoms with Crippen LogP contribution in [0.5, 0.6) is 0 Å². The molecule has 1 aliphatic heterocycles. The molecule has 1 aromatic carbocycles. The topological polar surface area (TPSA) is 12.4 Å². The second kappa shape index (κ2) is 3.79. The smallest absolute Gasteiger partial charge is 0.0433 e. The molecule has 1 aliphatic rings. The van der Waals surface area contributed by atoms with Gasteiger partial charge in [-0.25, -0.2) is 0 Å². The van der Waals surface area contributed by atoms with Crippen LogP contribution in [0.3, 0.4) is 0 Å². The molecule has 0 radical (unpaired) electrons. The van der Waals surface area contributed by atoms with E-state index in [1.807, 2.05) is 0 Å². The quantitative estimate of drug-likeness (QED) is 0.637. The highest BCUT2D eigenvalue weighted by Gasteiger charge is 2.07. The van der Waals surface area contributed by atoms with E-state index in [-0.39, 0.29) is 0 Å². The fourth-order valence-corrected chi connectivity index (χ4v) is 1.67. The summed E-state index contributed by atoms with van der Waals surface area (Å²) in [7, 11) is 0. The fraction of sp³-hybridized carbons (Fsp3) is 0.308. The van der Waals surface area contributed by atoms with Gasteiger partial charge < -0.3 is 0 Å². The molecular formula is C13H15N. The third-order valence-corrected chi connectivity index (χ3v) is 2.61. The summed E-state index contributed by atoms with van der Waals surface area (Å²) in [5.41, 5.74) is 5.17. The van der Waals surface area contributed by atoms with Crippen molar-refractivity contribution in [1.29, 1.82) is 0 Å². The van der Waals surface area contributed by atoms with Crippen molar-refractivity contribution >= 4 is 11.8 Å². The molecule has 1 heteroatoms. The largest absolute Gasteiger partial charge is 0.289 e. The highest BCUT2D eigenvalue weighted by molar-refractivity contribution is 6.03. The first-order valence-electron chi connectivity index (χ1n) is 5.04. The van der Waals surface area contributed by atoms with E-state index in [1.54, 1.807) is 0 Å². The van der Waals surface area contributed by atoms with Crippen LogP contribution in [0.2, 0.25) is 0 Å². The monoisotopic (exact) mass is 185 g/mol. The van der Waals surface area contributed by atoms with Gasteiger partial charge >= 0.3 is 0 Å². The van der Waals surface area contributed by atoms with Gasteiger partial charge in [-0.2, -0.15) is 0 Å². The zero-order valence-electron chi connectivity index (χ0n) is 8.75. The summed E-state index contributed by atoms with van der Waals surface area (Å²) in [6.07, 6.45) is 3.34. The molecule has 0 bridgehead atoms. The molecular weight excluding hydrogens is 170 g/mol. The maximum atomic E-state index is 4.38. The minimum Gasteiger partial charge on any atom is -0.289 e. The summed E-state index contributed by atoms with van der Waals surface area (Å²) in [5.74, 6) is 0. The lowest BCUT2D eigenvalue weighted by Crippen LogP contribution is -1.89. The Morgan fingerprint density at radius 1 is 1.14 bits per heavy atom. The lowest BCUT2D eigenvalue weighted by molar-refractivity contribution is 1.05. The summed E-state index contributed by atoms with van der Waals surface area (Å²) < 4.78 is 0. The van der Waals surface area contributed by atoms with Gasteiger partial charge in [0.25, 0.3) is 0 Å². The Labute approximate surface area is 85.2 Å². The van der Waals surface area contributed by atoms with Gasteiger partial charge in [-0.3, -0.25) is 4.99 Å². The van der Waals surface area contributed by atoms with Crippen molar-refractivity contribution in [2.24, 2.45) is 4.99 Å². The molecule has 0 fully saturated rings. The Hall–Kier alpha value is -1.37. The normalized spacial score (nSPS) is 18.7. The molecule has 1 heterocycles. The van der Waals surface area contributed by atoms with E-state index < -0.39 is 0 Å². The van der Waals surface area contributed by atoms with Crippen molar-refractivity contribution in [3.05, 3.63) is 41.0 Å². The first-order valence-corrected chi connectivity index (χ1v) is 5.04. The highest BCUT2D eigenvalue weighted by Crippen LogP contribution is 2.17. The second-order valence-electron chi connectivity index (χ2n) is 3.80. The SMILES string of the molecule is CC1=NCC/C1=C/c1ccc(C)cc1. The maximum Gasteiger partial charge on any atom is 0.0433 e. The molecule has 1 aromatic rings. The highest BCUT2D eigenvalue weighted by atomic mass is 14.8. The molecule has 0 aliphatic carbocycles. The van der Waals surface area contributed by atoms with Crippen LogP contribution in [-0.2, 0) is 0 Å². The van der Waals surface area contributed by atoms with Crippen LogP contribution in [0.25, 0.3) is 6.08 Å². The number of rotatable bonds is 1. The molecule has 14 heavy (non-hydrogen) atoms. The van der Waals surface area contributed by atoms with Crippen molar-refractivity contribution in [3.8, 4) is 0 Å². The minimum atomic E-state index is 0.962. The molecule has 2 rings (SSSR count). The average molecular weight is 185 g/mol. The summed E-state index contributed by atoms with van der Waals surface area (Å²) in [5, 5.41) is 0. The molecule has 0 amide bonds. The Morgan fingerprint density at radius 2 is 1.86 bits per heavy atom. The molecule has 0 N–H and O–H groups in total. The van der Waals surface area contributed by atoms with Crippen LogP contribution in [0, 0.1) is 6.92 Å². The molecule has 0 spiro atoms. The summed E-state index contributed by atoms with van der Waals surface area (Å²) in [6.45, 7) is 5.16. The predicted octanol–water partition coefficient (Wildman–Crippen LogP) is 3.24. The third-order valence-electron chi connectivity index (χ3n) is 2.61. The van der Waals surface area contributed by atoms with Gasteiger partial charge in [0.15, 0.2) is 0 Å². The van der Waals surface area contributed by atoms with E-state index in [2.05, 4.69) is 49.2 Å². The van der Waals surface area contributed by atoms with E-state index in [1.165, 1.54) is 22.4 Å². The Kier molecular flexibility index (Phi) is 2.49. The standard InChI is InChI=1S/C13H15N/c1-10-3-5-12(6-4-10)9-13-7-8-14-11(13)2/h3-6,9H,7-8H2,1-2H3/b13-9-. The lowest BCUT2D eigenvalue weighted by Gasteiger charge is -1.99. The molecule has 0 saturated carbocycles. The molecule has 1 nitrogen and oxygen atoms in total. The zero-order chi connectivity index (χ0) is 9.97. The van der Waals surface area contributed by atoms with Gasteiger partial charge in [0.05, 0.1) is 0 Å². The van der Waals surface area contributed by atoms with Gasteiger partial charge in [-0.1, -0.05) is 29.8 Å². The molecule has 0 aromatic heterocycles. The van der Waals surface area contributed by atoms with E-state index in [9.17, 15) is 0 Å². The van der Waals surface area contributed by atoms with Crippen LogP contribution in [-0.4, -0.2) is 12.3 Å². The summed E-state index contributed by atoms with van der Waals surface area (Å²) in [4.78, 5) is 4.38. The van der Waals surface area contributed by atoms with Gasteiger partial charge in [0.1, 0.15) is 0 Å². The first kappa shape index (κ1) is 9.20. The van der Waals surface area contributed by atoms with Crippen LogP contribution in [0.4, 0.5) is 0 Å².